The van der Waals surface area contributed by atoms with Crippen molar-refractivity contribution < 1.29 is 5.11 Å². The topological polar surface area (TPSA) is 44.6 Å². The second-order valence-electron chi connectivity index (χ2n) is 2.50. The van der Waals surface area contributed by atoms with Crippen molar-refractivity contribution >= 4 is 7.05 Å². The van der Waals surface area contributed by atoms with E-state index in [9.17, 15) is 0 Å². The van der Waals surface area contributed by atoms with E-state index in [2.05, 4.69) is 23.6 Å². The molecule has 0 saturated heterocycles. The van der Waals surface area contributed by atoms with E-state index in [0.717, 1.165) is 5.70 Å². The van der Waals surface area contributed by atoms with Crippen LogP contribution in [0.15, 0.2) is 16.4 Å². The van der Waals surface area contributed by atoms with Gasteiger partial charge in [0.05, 0.1) is 12.3 Å². The Hall–Kier alpha value is -0.270. The predicted molar refractivity (Wildman–Crippen MR) is 39.5 cm³/mol. The second kappa shape index (κ2) is 2.16. The van der Waals surface area contributed by atoms with Crippen LogP contribution < -0.4 is 5.43 Å². The summed E-state index contributed by atoms with van der Waals surface area (Å²) in [5.74, 6) is 2.02. The van der Waals surface area contributed by atoms with Crippen LogP contribution in [-0.2, 0) is 0 Å². The van der Waals surface area contributed by atoms with Gasteiger partial charge in [-0.3, -0.25) is 5.43 Å². The van der Waals surface area contributed by atoms with Gasteiger partial charge in [0.25, 0.3) is 0 Å². The normalized spacial score (nSPS) is 22.3. The first-order valence-electron chi connectivity index (χ1n) is 2.78. The molecule has 0 unspecified atom stereocenters. The SMILES string of the molecule is CP1(C)=NNC(CO)=C1. The van der Waals surface area contributed by atoms with Crippen molar-refractivity contribution in [3.8, 4) is 0 Å². The molecule has 1 rings (SSSR count). The van der Waals surface area contributed by atoms with Crippen LogP contribution in [0.4, 0.5) is 0 Å². The van der Waals surface area contributed by atoms with Crippen LogP contribution in [0, 0.1) is 0 Å². The van der Waals surface area contributed by atoms with E-state index in [1.165, 1.54) is 0 Å². The van der Waals surface area contributed by atoms with Crippen molar-refractivity contribution in [1.82, 2.24) is 5.43 Å². The summed E-state index contributed by atoms with van der Waals surface area (Å²) in [5.41, 5.74) is 3.62. The summed E-state index contributed by atoms with van der Waals surface area (Å²) in [6, 6.07) is 0. The lowest BCUT2D eigenvalue weighted by Crippen LogP contribution is -2.03. The molecular weight excluding hydrogens is 135 g/mol. The average Bonchev–Trinajstić information content (AvgIpc) is 2.10. The Morgan fingerprint density at radius 2 is 2.44 bits per heavy atom. The lowest BCUT2D eigenvalue weighted by Gasteiger charge is -1.96. The molecule has 0 spiro atoms. The molecule has 0 fully saturated rings. The van der Waals surface area contributed by atoms with Crippen molar-refractivity contribution in [1.29, 1.82) is 0 Å². The maximum Gasteiger partial charge on any atom is 0.0847 e. The van der Waals surface area contributed by atoms with E-state index < -0.39 is 7.05 Å². The highest BCUT2D eigenvalue weighted by Crippen LogP contribution is 2.45. The molecule has 52 valence electrons. The molecule has 0 atom stereocenters. The smallest absolute Gasteiger partial charge is 0.0847 e. The van der Waals surface area contributed by atoms with E-state index in [1.54, 1.807) is 0 Å². The Balaban J connectivity index is 2.75. The first-order chi connectivity index (χ1) is 4.14. The second-order valence-corrected chi connectivity index (χ2v) is 5.92. The number of aliphatic hydroxyl groups is 1. The fourth-order valence-electron chi connectivity index (χ4n) is 0.708. The van der Waals surface area contributed by atoms with E-state index >= 15 is 0 Å². The van der Waals surface area contributed by atoms with Crippen LogP contribution >= 0.6 is 7.05 Å². The fourth-order valence-corrected chi connectivity index (χ4v) is 2.05. The largest absolute Gasteiger partial charge is 0.390 e. The van der Waals surface area contributed by atoms with Gasteiger partial charge in [0.1, 0.15) is 0 Å². The standard InChI is InChI=1S/C5H11N2OP/c1-9(2)4-5(3-8)6-7-9/h4,6,8H,3H2,1-2H3. The molecule has 4 heteroatoms. The van der Waals surface area contributed by atoms with Crippen molar-refractivity contribution in [2.24, 2.45) is 4.85 Å². The summed E-state index contributed by atoms with van der Waals surface area (Å²) in [4.78, 5) is 4.13. The minimum Gasteiger partial charge on any atom is -0.390 e. The molecule has 1 heterocycles. The van der Waals surface area contributed by atoms with Crippen molar-refractivity contribution in [3.05, 3.63) is 11.5 Å². The van der Waals surface area contributed by atoms with Gasteiger partial charge in [-0.1, -0.05) is 0 Å². The van der Waals surface area contributed by atoms with Gasteiger partial charge < -0.3 is 5.11 Å². The summed E-state index contributed by atoms with van der Waals surface area (Å²) in [6.45, 7) is 4.25. The maximum atomic E-state index is 8.63. The molecule has 0 amide bonds. The van der Waals surface area contributed by atoms with Crippen LogP contribution in [0.1, 0.15) is 0 Å². The molecule has 3 nitrogen and oxygen atoms in total. The summed E-state index contributed by atoms with van der Waals surface area (Å²) in [5, 5.41) is 8.63. The molecule has 0 bridgehead atoms. The van der Waals surface area contributed by atoms with E-state index in [-0.39, 0.29) is 6.61 Å². The Labute approximate surface area is 54.8 Å². The van der Waals surface area contributed by atoms with Gasteiger partial charge in [0.2, 0.25) is 0 Å². The third kappa shape index (κ3) is 1.57. The van der Waals surface area contributed by atoms with Crippen LogP contribution in [-0.4, -0.2) is 25.0 Å². The van der Waals surface area contributed by atoms with Gasteiger partial charge in [0, 0.05) is 7.05 Å². The highest BCUT2D eigenvalue weighted by molar-refractivity contribution is 7.68. The first kappa shape index (κ1) is 6.84. The van der Waals surface area contributed by atoms with E-state index in [0.29, 0.717) is 0 Å². The first-order valence-corrected chi connectivity index (χ1v) is 5.49. The van der Waals surface area contributed by atoms with Gasteiger partial charge in [-0.25, -0.2) is 0 Å². The van der Waals surface area contributed by atoms with Crippen molar-refractivity contribution in [2.75, 3.05) is 19.9 Å². The summed E-state index contributed by atoms with van der Waals surface area (Å²) < 4.78 is 0. The fraction of sp³-hybridized carbons (Fsp3) is 0.600. The molecule has 0 radical (unpaired) electrons. The third-order valence-electron chi connectivity index (χ3n) is 1.09. The number of rotatable bonds is 1. The van der Waals surface area contributed by atoms with Crippen LogP contribution in [0.2, 0.25) is 0 Å². The molecule has 0 aromatic rings. The molecule has 0 aromatic carbocycles. The third-order valence-corrected chi connectivity index (χ3v) is 2.65. The molecule has 9 heavy (non-hydrogen) atoms. The average molecular weight is 146 g/mol. The lowest BCUT2D eigenvalue weighted by atomic mass is 10.6. The minimum absolute atomic E-state index is 0.0763. The zero-order valence-corrected chi connectivity index (χ0v) is 6.52. The number of hydrogen-bond donors (Lipinski definition) is 2. The van der Waals surface area contributed by atoms with Crippen LogP contribution in [0.5, 0.6) is 0 Å². The summed E-state index contributed by atoms with van der Waals surface area (Å²) in [7, 11) is -1.17. The van der Waals surface area contributed by atoms with Gasteiger partial charge in [-0.15, -0.1) is 0 Å². The molecule has 0 saturated carbocycles. The Bertz CT molecular complexity index is 191. The summed E-state index contributed by atoms with van der Waals surface area (Å²) >= 11 is 0. The Morgan fingerprint density at radius 1 is 1.78 bits per heavy atom. The van der Waals surface area contributed by atoms with Crippen LogP contribution in [0.25, 0.3) is 0 Å². The quantitative estimate of drug-likeness (QED) is 0.537. The highest BCUT2D eigenvalue weighted by Gasteiger charge is 2.09. The van der Waals surface area contributed by atoms with Crippen molar-refractivity contribution in [3.63, 3.8) is 0 Å². The lowest BCUT2D eigenvalue weighted by molar-refractivity contribution is 0.323. The number of hydrogen-bond acceptors (Lipinski definition) is 3. The van der Waals surface area contributed by atoms with Gasteiger partial charge in [-0.2, -0.15) is 4.85 Å². The Kier molecular flexibility index (Phi) is 1.64. The number of aliphatic hydroxyl groups excluding tert-OH is 1. The van der Waals surface area contributed by atoms with Crippen molar-refractivity contribution in [2.45, 2.75) is 0 Å². The van der Waals surface area contributed by atoms with Crippen LogP contribution in [0.3, 0.4) is 0 Å². The number of nitrogens with one attached hydrogen (secondary N) is 1. The predicted octanol–water partition coefficient (Wildman–Crippen LogP) is 0.799. The monoisotopic (exact) mass is 146 g/mol. The molecule has 1 aliphatic rings. The van der Waals surface area contributed by atoms with Gasteiger partial charge >= 0.3 is 0 Å². The van der Waals surface area contributed by atoms with E-state index in [1.807, 2.05) is 5.82 Å². The highest BCUT2D eigenvalue weighted by atomic mass is 31.2. The molecule has 2 N–H and O–H groups in total. The molecule has 0 aromatic heterocycles. The Morgan fingerprint density at radius 3 is 2.67 bits per heavy atom. The zero-order chi connectivity index (χ0) is 6.91. The van der Waals surface area contributed by atoms with Gasteiger partial charge in [-0.05, 0) is 19.1 Å². The number of nitrogens with zero attached hydrogens (tertiary/aromatic N) is 1. The molecule has 1 aliphatic heterocycles. The summed E-state index contributed by atoms with van der Waals surface area (Å²) in [6.07, 6.45) is 0. The van der Waals surface area contributed by atoms with Gasteiger partial charge in [0.15, 0.2) is 0 Å². The zero-order valence-electron chi connectivity index (χ0n) is 5.63. The molecular formula is C5H11N2OP. The minimum atomic E-state index is -1.17. The maximum absolute atomic E-state index is 8.63. The van der Waals surface area contributed by atoms with E-state index in [4.69, 9.17) is 5.11 Å². The molecule has 0 aliphatic carbocycles.